The van der Waals surface area contributed by atoms with Gasteiger partial charge in [-0.1, -0.05) is 0 Å². The molecule has 1 aromatic rings. The van der Waals surface area contributed by atoms with Crippen molar-refractivity contribution in [2.75, 3.05) is 31.2 Å². The van der Waals surface area contributed by atoms with Crippen LogP contribution < -0.4 is 4.90 Å². The number of aldehydes is 1. The van der Waals surface area contributed by atoms with E-state index >= 15 is 0 Å². The Bertz CT molecular complexity index is 316. The molecule has 1 aliphatic rings. The van der Waals surface area contributed by atoms with E-state index in [0.29, 0.717) is 5.56 Å². The van der Waals surface area contributed by atoms with E-state index in [2.05, 4.69) is 9.88 Å². The molecule has 4 heteroatoms. The molecule has 0 N–H and O–H groups in total. The third-order valence-electron chi connectivity index (χ3n) is 2.45. The third-order valence-corrected chi connectivity index (χ3v) is 2.45. The molecule has 0 amide bonds. The molecule has 0 unspecified atom stereocenters. The van der Waals surface area contributed by atoms with Crippen molar-refractivity contribution < 1.29 is 9.53 Å². The topological polar surface area (TPSA) is 42.4 Å². The molecule has 1 fully saturated rings. The number of ether oxygens (including phenoxy) is 1. The number of carbonyl (C=O) groups excluding carboxylic acids is 1. The lowest BCUT2D eigenvalue weighted by molar-refractivity contribution is 0.112. The number of hydrogen-bond donors (Lipinski definition) is 0. The van der Waals surface area contributed by atoms with Crippen molar-refractivity contribution in [3.05, 3.63) is 23.9 Å². The molecular weight excluding hydrogens is 192 g/mol. The van der Waals surface area contributed by atoms with Gasteiger partial charge < -0.3 is 9.64 Å². The zero-order valence-electron chi connectivity index (χ0n) is 8.56. The Morgan fingerprint density at radius 3 is 3.00 bits per heavy atom. The van der Waals surface area contributed by atoms with Crippen molar-refractivity contribution in [2.24, 2.45) is 0 Å². The second-order valence-corrected chi connectivity index (χ2v) is 3.52. The van der Waals surface area contributed by atoms with Gasteiger partial charge >= 0.3 is 0 Å². The maximum Gasteiger partial charge on any atom is 0.151 e. The van der Waals surface area contributed by atoms with Gasteiger partial charge in [0.1, 0.15) is 5.82 Å². The number of nitrogens with zero attached hydrogens (tertiary/aromatic N) is 2. The average Bonchev–Trinajstić information content (AvgIpc) is 2.58. The van der Waals surface area contributed by atoms with E-state index in [9.17, 15) is 4.79 Å². The van der Waals surface area contributed by atoms with Crippen LogP contribution in [0.1, 0.15) is 16.8 Å². The van der Waals surface area contributed by atoms with Crippen LogP contribution in [0.4, 0.5) is 5.82 Å². The molecule has 0 spiro atoms. The molecule has 0 bridgehead atoms. The van der Waals surface area contributed by atoms with Gasteiger partial charge in [0.25, 0.3) is 0 Å². The molecule has 80 valence electrons. The monoisotopic (exact) mass is 206 g/mol. The fourth-order valence-electron chi connectivity index (χ4n) is 1.63. The number of aromatic nitrogens is 1. The number of rotatable bonds is 2. The lowest BCUT2D eigenvalue weighted by Crippen LogP contribution is -2.26. The highest BCUT2D eigenvalue weighted by Gasteiger charge is 2.10. The van der Waals surface area contributed by atoms with Crippen LogP contribution in [0.5, 0.6) is 0 Å². The minimum Gasteiger partial charge on any atom is -0.380 e. The minimum absolute atomic E-state index is 0.616. The van der Waals surface area contributed by atoms with Crippen molar-refractivity contribution in [3.63, 3.8) is 0 Å². The van der Waals surface area contributed by atoms with Gasteiger partial charge in [0.15, 0.2) is 6.29 Å². The first-order chi connectivity index (χ1) is 7.40. The second-order valence-electron chi connectivity index (χ2n) is 3.52. The molecule has 2 rings (SSSR count). The van der Waals surface area contributed by atoms with Gasteiger partial charge in [0, 0.05) is 31.5 Å². The lowest BCUT2D eigenvalue weighted by Gasteiger charge is -2.20. The van der Waals surface area contributed by atoms with Crippen LogP contribution in [0.25, 0.3) is 0 Å². The number of carbonyl (C=O) groups is 1. The van der Waals surface area contributed by atoms with Gasteiger partial charge in [-0.05, 0) is 18.6 Å². The first kappa shape index (κ1) is 10.1. The van der Waals surface area contributed by atoms with E-state index in [-0.39, 0.29) is 0 Å². The zero-order chi connectivity index (χ0) is 10.5. The SMILES string of the molecule is O=Cc1ccc(N2CCCOCC2)nc1. The summed E-state index contributed by atoms with van der Waals surface area (Å²) in [4.78, 5) is 16.9. The summed E-state index contributed by atoms with van der Waals surface area (Å²) in [7, 11) is 0. The van der Waals surface area contributed by atoms with E-state index in [1.165, 1.54) is 0 Å². The van der Waals surface area contributed by atoms with Crippen molar-refractivity contribution in [2.45, 2.75) is 6.42 Å². The van der Waals surface area contributed by atoms with E-state index < -0.39 is 0 Å². The average molecular weight is 206 g/mol. The number of anilines is 1. The normalized spacial score (nSPS) is 17.2. The first-order valence-corrected chi connectivity index (χ1v) is 5.14. The summed E-state index contributed by atoms with van der Waals surface area (Å²) < 4.78 is 5.37. The van der Waals surface area contributed by atoms with E-state index in [1.807, 2.05) is 6.07 Å². The smallest absolute Gasteiger partial charge is 0.151 e. The molecule has 0 atom stereocenters. The summed E-state index contributed by atoms with van der Waals surface area (Å²) in [6, 6.07) is 3.68. The highest BCUT2D eigenvalue weighted by Crippen LogP contribution is 2.12. The van der Waals surface area contributed by atoms with Gasteiger partial charge in [-0.2, -0.15) is 0 Å². The molecule has 0 aromatic carbocycles. The summed E-state index contributed by atoms with van der Waals surface area (Å²) in [5.74, 6) is 0.922. The molecule has 4 nitrogen and oxygen atoms in total. The van der Waals surface area contributed by atoms with Gasteiger partial charge in [0.2, 0.25) is 0 Å². The number of pyridine rings is 1. The van der Waals surface area contributed by atoms with Crippen LogP contribution in [0.15, 0.2) is 18.3 Å². The molecule has 1 saturated heterocycles. The van der Waals surface area contributed by atoms with Gasteiger partial charge in [0.05, 0.1) is 6.61 Å². The van der Waals surface area contributed by atoms with Crippen LogP contribution >= 0.6 is 0 Å². The Kier molecular flexibility index (Phi) is 3.29. The molecule has 0 radical (unpaired) electrons. The number of hydrogen-bond acceptors (Lipinski definition) is 4. The molecule has 1 aromatic heterocycles. The largest absolute Gasteiger partial charge is 0.380 e. The quantitative estimate of drug-likeness (QED) is 0.680. The molecular formula is C11H14N2O2. The molecule has 2 heterocycles. The van der Waals surface area contributed by atoms with Gasteiger partial charge in [-0.15, -0.1) is 0 Å². The summed E-state index contributed by atoms with van der Waals surface area (Å²) in [6.45, 7) is 3.40. The van der Waals surface area contributed by atoms with E-state index in [4.69, 9.17) is 4.74 Å². The van der Waals surface area contributed by atoms with Crippen LogP contribution in [-0.4, -0.2) is 37.6 Å². The van der Waals surface area contributed by atoms with Gasteiger partial charge in [-0.3, -0.25) is 4.79 Å². The van der Waals surface area contributed by atoms with Crippen molar-refractivity contribution >= 4 is 12.1 Å². The summed E-state index contributed by atoms with van der Waals surface area (Å²) in [6.07, 6.45) is 3.44. The van der Waals surface area contributed by atoms with Crippen LogP contribution in [0.2, 0.25) is 0 Å². The van der Waals surface area contributed by atoms with Gasteiger partial charge in [-0.25, -0.2) is 4.98 Å². The molecule has 1 aliphatic heterocycles. The lowest BCUT2D eigenvalue weighted by atomic mass is 10.3. The van der Waals surface area contributed by atoms with E-state index in [0.717, 1.165) is 44.8 Å². The fraction of sp³-hybridized carbons (Fsp3) is 0.455. The van der Waals surface area contributed by atoms with Crippen LogP contribution in [0.3, 0.4) is 0 Å². The summed E-state index contributed by atoms with van der Waals surface area (Å²) >= 11 is 0. The molecule has 0 saturated carbocycles. The van der Waals surface area contributed by atoms with Crippen LogP contribution in [-0.2, 0) is 4.74 Å². The van der Waals surface area contributed by atoms with Crippen molar-refractivity contribution in [1.29, 1.82) is 0 Å². The molecule has 15 heavy (non-hydrogen) atoms. The third kappa shape index (κ3) is 2.53. The zero-order valence-corrected chi connectivity index (χ0v) is 8.56. The highest BCUT2D eigenvalue weighted by atomic mass is 16.5. The Hall–Kier alpha value is -1.42. The summed E-state index contributed by atoms with van der Waals surface area (Å²) in [5, 5.41) is 0. The Morgan fingerprint density at radius 2 is 2.27 bits per heavy atom. The van der Waals surface area contributed by atoms with E-state index in [1.54, 1.807) is 12.3 Å². The summed E-state index contributed by atoms with van der Waals surface area (Å²) in [5.41, 5.74) is 0.616. The Labute approximate surface area is 88.9 Å². The Morgan fingerprint density at radius 1 is 1.33 bits per heavy atom. The Balaban J connectivity index is 2.09. The maximum atomic E-state index is 10.5. The minimum atomic E-state index is 0.616. The predicted octanol–water partition coefficient (Wildman–Crippen LogP) is 1.12. The standard InChI is InChI=1S/C11H14N2O2/c14-9-10-2-3-11(12-8-10)13-4-1-6-15-7-5-13/h2-3,8-9H,1,4-7H2. The maximum absolute atomic E-state index is 10.5. The fourth-order valence-corrected chi connectivity index (χ4v) is 1.63. The molecule has 0 aliphatic carbocycles. The predicted molar refractivity (Wildman–Crippen MR) is 57.3 cm³/mol. The second kappa shape index (κ2) is 4.89. The first-order valence-electron chi connectivity index (χ1n) is 5.14. The highest BCUT2D eigenvalue weighted by molar-refractivity contribution is 5.74. The van der Waals surface area contributed by atoms with Crippen molar-refractivity contribution in [1.82, 2.24) is 4.98 Å². The van der Waals surface area contributed by atoms with Crippen molar-refractivity contribution in [3.8, 4) is 0 Å². The van der Waals surface area contributed by atoms with Crippen LogP contribution in [0, 0.1) is 0 Å².